The van der Waals surface area contributed by atoms with Crippen LogP contribution in [0.5, 0.6) is 0 Å². The van der Waals surface area contributed by atoms with Gasteiger partial charge in [0.15, 0.2) is 0 Å². The third-order valence-corrected chi connectivity index (χ3v) is 28.7. The van der Waals surface area contributed by atoms with Crippen molar-refractivity contribution in [2.24, 2.45) is 29.1 Å². The van der Waals surface area contributed by atoms with Crippen LogP contribution in [-0.2, 0) is 27.6 Å². The van der Waals surface area contributed by atoms with E-state index in [1.54, 1.807) is 25.1 Å². The predicted molar refractivity (Wildman–Crippen MR) is 400 cm³/mol. The van der Waals surface area contributed by atoms with Crippen LogP contribution < -0.4 is 19.6 Å². The van der Waals surface area contributed by atoms with Crippen LogP contribution >= 0.6 is 0 Å². The molecule has 4 aromatic carbocycles. The Balaban J connectivity index is 0.0000000937. The summed E-state index contributed by atoms with van der Waals surface area (Å²) < 4.78 is 48.0. The molecular formula is C89H98N4O8. The van der Waals surface area contributed by atoms with Crippen molar-refractivity contribution in [2.45, 2.75) is 232 Å². The molecule has 5 atom stereocenters. The molecule has 8 aromatic heterocycles. The maximum Gasteiger partial charge on any atom is 0.297 e. The van der Waals surface area contributed by atoms with Crippen LogP contribution in [0.1, 0.15) is 249 Å². The first kappa shape index (κ1) is 63.3. The zero-order valence-corrected chi connectivity index (χ0v) is 61.4. The fourth-order valence-corrected chi connectivity index (χ4v) is 23.7. The molecule has 13 heterocycles. The monoisotopic (exact) mass is 1350 g/mol. The molecule has 6 saturated carbocycles. The van der Waals surface area contributed by atoms with Crippen molar-refractivity contribution in [3.05, 3.63) is 213 Å². The molecule has 4 bridgehead atoms. The Morgan fingerprint density at radius 3 is 1.16 bits per heavy atom. The molecule has 0 radical (unpaired) electrons. The maximum absolute atomic E-state index is 6.58. The molecule has 3 spiro atoms. The molecule has 101 heavy (non-hydrogen) atoms. The zero-order valence-electron chi connectivity index (χ0n) is 61.4. The highest BCUT2D eigenvalue weighted by Crippen LogP contribution is 2.72. The highest BCUT2D eigenvalue weighted by molar-refractivity contribution is 5.87. The Morgan fingerprint density at radius 1 is 0.356 bits per heavy atom. The van der Waals surface area contributed by atoms with Crippen molar-refractivity contribution in [3.8, 4) is 0 Å². The zero-order chi connectivity index (χ0) is 69.2. The number of hydrogen-bond donors (Lipinski definition) is 0. The van der Waals surface area contributed by atoms with Crippen molar-refractivity contribution in [1.82, 2.24) is 0 Å². The largest absolute Gasteiger partial charge is 0.433 e. The average Bonchev–Trinajstić information content (AvgIpc) is 1.54. The topological polar surface area (TPSA) is 118 Å². The highest BCUT2D eigenvalue weighted by Gasteiger charge is 2.69. The molecule has 0 saturated heterocycles. The number of furan rings is 8. The number of rotatable bonds is 3. The van der Waals surface area contributed by atoms with Gasteiger partial charge in [-0.05, 0) is 219 Å². The summed E-state index contributed by atoms with van der Waals surface area (Å²) in [5.74, 6) is 10.7. The molecule has 0 amide bonds. The molecule has 12 nitrogen and oxygen atoms in total. The van der Waals surface area contributed by atoms with Crippen LogP contribution in [-0.4, -0.2) is 0 Å². The van der Waals surface area contributed by atoms with E-state index in [0.29, 0.717) is 47.3 Å². The number of nitrogens with zero attached hydrogens (tertiary/aromatic N) is 4. The van der Waals surface area contributed by atoms with Gasteiger partial charge in [0.05, 0.1) is 81.8 Å². The number of hydrogen-bond acceptors (Lipinski definition) is 12. The molecular weight excluding hydrogens is 1250 g/mol. The lowest BCUT2D eigenvalue weighted by atomic mass is 9.48. The minimum atomic E-state index is -0.244. The van der Waals surface area contributed by atoms with Crippen molar-refractivity contribution in [1.29, 1.82) is 0 Å². The Labute approximate surface area is 593 Å². The van der Waals surface area contributed by atoms with Gasteiger partial charge in [-0.3, -0.25) is 0 Å². The summed E-state index contributed by atoms with van der Waals surface area (Å²) in [6, 6.07) is 42.6. The van der Waals surface area contributed by atoms with Crippen molar-refractivity contribution >= 4 is 67.4 Å². The maximum atomic E-state index is 6.58. The fourth-order valence-electron chi connectivity index (χ4n) is 23.7. The second-order valence-corrected chi connectivity index (χ2v) is 33.7. The number of benzene rings is 4. The van der Waals surface area contributed by atoms with E-state index < -0.39 is 0 Å². The summed E-state index contributed by atoms with van der Waals surface area (Å²) in [5.41, 5.74) is 17.3. The van der Waals surface area contributed by atoms with Gasteiger partial charge in [-0.2, -0.15) is 0 Å². The van der Waals surface area contributed by atoms with Crippen LogP contribution in [0.15, 0.2) is 176 Å². The van der Waals surface area contributed by atoms with Crippen molar-refractivity contribution in [3.63, 3.8) is 0 Å². The average molecular weight is 1350 g/mol. The van der Waals surface area contributed by atoms with Gasteiger partial charge in [-0.25, -0.2) is 0 Å². The lowest BCUT2D eigenvalue weighted by molar-refractivity contribution is -0.0682. The minimum absolute atomic E-state index is 0.00238. The first-order valence-corrected chi connectivity index (χ1v) is 38.2. The molecule has 11 aliphatic rings. The van der Waals surface area contributed by atoms with E-state index in [2.05, 4.69) is 219 Å². The van der Waals surface area contributed by atoms with Gasteiger partial charge in [0.1, 0.15) is 34.1 Å². The van der Waals surface area contributed by atoms with Gasteiger partial charge >= 0.3 is 0 Å². The Morgan fingerprint density at radius 2 is 0.713 bits per heavy atom. The van der Waals surface area contributed by atoms with Crippen LogP contribution in [0, 0.1) is 56.8 Å². The van der Waals surface area contributed by atoms with Gasteiger partial charge in [0, 0.05) is 50.4 Å². The number of aryl methyl sites for hydroxylation is 4. The number of fused-ring (bicyclic) bond motifs is 18. The van der Waals surface area contributed by atoms with Crippen molar-refractivity contribution in [2.75, 3.05) is 19.6 Å². The summed E-state index contributed by atoms with van der Waals surface area (Å²) in [5, 5.41) is 4.60. The van der Waals surface area contributed by atoms with E-state index in [1.165, 1.54) is 148 Å². The van der Waals surface area contributed by atoms with Crippen LogP contribution in [0.25, 0.3) is 44.7 Å². The van der Waals surface area contributed by atoms with Gasteiger partial charge in [0.25, 0.3) is 23.1 Å². The minimum Gasteiger partial charge on any atom is -0.433 e. The first-order valence-electron chi connectivity index (χ1n) is 38.2. The van der Waals surface area contributed by atoms with E-state index in [9.17, 15) is 0 Å². The Kier molecular flexibility index (Phi) is 13.9. The molecule has 6 fully saturated rings. The summed E-state index contributed by atoms with van der Waals surface area (Å²) in [6.07, 6.45) is 24.9. The van der Waals surface area contributed by atoms with Crippen molar-refractivity contribution < 1.29 is 35.3 Å². The quantitative estimate of drug-likeness (QED) is 0.168. The normalized spacial score (nSPS) is 28.2. The molecule has 12 heteroatoms. The predicted octanol–water partition coefficient (Wildman–Crippen LogP) is 24.8. The van der Waals surface area contributed by atoms with E-state index in [-0.39, 0.29) is 39.0 Å². The molecule has 6 aliphatic carbocycles. The third-order valence-electron chi connectivity index (χ3n) is 28.7. The SMILES string of the molecule is Cc1cccc2c1N1C(C)c3c(oc4occc34)C1(C)C(C)(C)C2(C)C.Cc1ccccc1N1C(C)c2c(oc3occc23)C12C1CC3CC(C1)CC2C3.Cc1ccccc1N1C(C)c2c(oc3occc23)C12CCCC2.Cc1ccccc1N1C(C)c2c(oc3occc23)C12CCCCC2. The number of anilines is 4. The second kappa shape index (κ2) is 22.2. The fraction of sp³-hybridized carbons (Fsp3) is 0.461. The molecule has 12 aromatic rings. The summed E-state index contributed by atoms with van der Waals surface area (Å²) in [6.45, 7) is 30.1. The lowest BCUT2D eigenvalue weighted by Crippen LogP contribution is -2.62. The van der Waals surface area contributed by atoms with Gasteiger partial charge < -0.3 is 54.9 Å². The van der Waals surface area contributed by atoms with Gasteiger partial charge in [-0.1, -0.05) is 133 Å². The second-order valence-electron chi connectivity index (χ2n) is 33.7. The third kappa shape index (κ3) is 8.25. The molecule has 23 rings (SSSR count). The molecule has 522 valence electrons. The Bertz CT molecular complexity index is 5180. The summed E-state index contributed by atoms with van der Waals surface area (Å²) in [4.78, 5) is 10.7. The number of para-hydroxylation sites is 4. The van der Waals surface area contributed by atoms with Crippen LogP contribution in [0.3, 0.4) is 0 Å². The van der Waals surface area contributed by atoms with E-state index in [4.69, 9.17) is 35.3 Å². The van der Waals surface area contributed by atoms with Crippen LogP contribution in [0.2, 0.25) is 0 Å². The molecule has 5 unspecified atom stereocenters. The van der Waals surface area contributed by atoms with E-state index in [0.717, 1.165) is 76.7 Å². The smallest absolute Gasteiger partial charge is 0.297 e. The van der Waals surface area contributed by atoms with Gasteiger partial charge in [-0.15, -0.1) is 0 Å². The van der Waals surface area contributed by atoms with E-state index in [1.807, 2.05) is 6.07 Å². The van der Waals surface area contributed by atoms with Gasteiger partial charge in [0.2, 0.25) is 0 Å². The standard InChI is InChI=1S/C25H27NO2.C23H27NO2.C21H23NO2.C20H21NO2/c1-14-5-3-4-6-21(14)26-15(2)22-20-7-8-27-24(20)28-23(22)25(26)18-10-16-9-17(12-18)13-19(25)11-16;1-13-9-8-10-16-18(13)24-14(2)17-15-11-12-25-20(15)26-19(17)23(24,7)22(5,6)21(16,3)4;1-14-8-4-5-9-17(14)22-15(2)18-16-10-13-23-20(16)24-19(18)21(22)11-6-3-7-12-21;1-13-7-3-4-8-16(13)21-14(2)17-15-9-12-22-19(15)23-18(17)20(21)10-5-6-11-20/h3-8,15-19H,9-13H2,1-2H3;8-12,14H,1-7H3;4-5,8-10,13,15H,3,6-7,11-12H2,1-2H3;3-4,7-9,12,14H,5-6,10-11H2,1-2H3. The van der Waals surface area contributed by atoms with Crippen LogP contribution in [0.4, 0.5) is 22.7 Å². The molecule has 5 aliphatic heterocycles. The summed E-state index contributed by atoms with van der Waals surface area (Å²) in [7, 11) is 0. The Hall–Kier alpha value is -8.64. The first-order chi connectivity index (χ1) is 48.8. The lowest BCUT2D eigenvalue weighted by Gasteiger charge is -2.63. The summed E-state index contributed by atoms with van der Waals surface area (Å²) >= 11 is 0. The molecule has 0 N–H and O–H groups in total. The highest BCUT2D eigenvalue weighted by atomic mass is 16.5. The van der Waals surface area contributed by atoms with E-state index >= 15 is 0 Å².